The summed E-state index contributed by atoms with van der Waals surface area (Å²) in [5.41, 5.74) is 6.49. The lowest BCUT2D eigenvalue weighted by Crippen LogP contribution is -1.99. The molecule has 1 aromatic heterocycles. The van der Waals surface area contributed by atoms with Crippen LogP contribution in [-0.2, 0) is 5.75 Å². The predicted molar refractivity (Wildman–Crippen MR) is 59.1 cm³/mol. The first-order valence-electron chi connectivity index (χ1n) is 4.22. The minimum Gasteiger partial charge on any atom is -0.330 e. The van der Waals surface area contributed by atoms with E-state index >= 15 is 0 Å². The second kappa shape index (κ2) is 6.24. The zero-order valence-corrected chi connectivity index (χ0v) is 8.94. The molecule has 13 heavy (non-hydrogen) atoms. The maximum absolute atomic E-state index is 5.89. The Bertz CT molecular complexity index is 255. The molecular weight excluding hydrogens is 204 g/mol. The molecule has 0 bridgehead atoms. The van der Waals surface area contributed by atoms with Crippen molar-refractivity contribution in [3.8, 4) is 0 Å². The lowest BCUT2D eigenvalue weighted by Gasteiger charge is -2.01. The van der Waals surface area contributed by atoms with Gasteiger partial charge in [0.25, 0.3) is 0 Å². The Hall–Kier alpha value is -0.250. The number of pyridine rings is 1. The zero-order chi connectivity index (χ0) is 9.52. The number of rotatable bonds is 5. The van der Waals surface area contributed by atoms with Gasteiger partial charge < -0.3 is 5.73 Å². The number of aromatic nitrogens is 1. The summed E-state index contributed by atoms with van der Waals surface area (Å²) in [4.78, 5) is 4.01. The van der Waals surface area contributed by atoms with Crippen molar-refractivity contribution in [3.05, 3.63) is 29.0 Å². The summed E-state index contributed by atoms with van der Waals surface area (Å²) < 4.78 is 0. The average Bonchev–Trinajstić information content (AvgIpc) is 2.15. The Balaban J connectivity index is 2.32. The monoisotopic (exact) mass is 216 g/mol. The molecule has 0 aromatic carbocycles. The SMILES string of the molecule is NCCCSCc1cccnc1Cl. The van der Waals surface area contributed by atoms with Crippen LogP contribution in [0.25, 0.3) is 0 Å². The highest BCUT2D eigenvalue weighted by molar-refractivity contribution is 7.98. The van der Waals surface area contributed by atoms with E-state index in [4.69, 9.17) is 17.3 Å². The zero-order valence-electron chi connectivity index (χ0n) is 7.37. The van der Waals surface area contributed by atoms with Crippen LogP contribution >= 0.6 is 23.4 Å². The van der Waals surface area contributed by atoms with Crippen LogP contribution < -0.4 is 5.73 Å². The van der Waals surface area contributed by atoms with Gasteiger partial charge >= 0.3 is 0 Å². The van der Waals surface area contributed by atoms with E-state index in [1.807, 2.05) is 23.9 Å². The highest BCUT2D eigenvalue weighted by Crippen LogP contribution is 2.18. The van der Waals surface area contributed by atoms with Gasteiger partial charge in [-0.15, -0.1) is 0 Å². The van der Waals surface area contributed by atoms with Crippen LogP contribution in [0.4, 0.5) is 0 Å². The normalized spacial score (nSPS) is 10.3. The molecule has 0 radical (unpaired) electrons. The third kappa shape index (κ3) is 3.98. The molecule has 2 N–H and O–H groups in total. The predicted octanol–water partition coefficient (Wildman–Crippen LogP) is 2.32. The van der Waals surface area contributed by atoms with E-state index in [1.165, 1.54) is 0 Å². The van der Waals surface area contributed by atoms with Crippen molar-refractivity contribution in [2.45, 2.75) is 12.2 Å². The molecule has 0 saturated heterocycles. The van der Waals surface area contributed by atoms with Gasteiger partial charge in [0, 0.05) is 11.9 Å². The Morgan fingerprint density at radius 1 is 1.54 bits per heavy atom. The average molecular weight is 217 g/mol. The molecule has 2 nitrogen and oxygen atoms in total. The number of hydrogen-bond acceptors (Lipinski definition) is 3. The third-order valence-corrected chi connectivity index (χ3v) is 3.02. The van der Waals surface area contributed by atoms with Crippen molar-refractivity contribution in [2.24, 2.45) is 5.73 Å². The van der Waals surface area contributed by atoms with Crippen molar-refractivity contribution in [1.29, 1.82) is 0 Å². The molecule has 1 heterocycles. The lowest BCUT2D eigenvalue weighted by molar-refractivity contribution is 0.943. The van der Waals surface area contributed by atoms with E-state index in [9.17, 15) is 0 Å². The van der Waals surface area contributed by atoms with E-state index in [-0.39, 0.29) is 0 Å². The van der Waals surface area contributed by atoms with E-state index in [1.54, 1.807) is 6.20 Å². The first kappa shape index (κ1) is 10.8. The molecule has 0 amide bonds. The number of nitrogens with zero attached hydrogens (tertiary/aromatic N) is 1. The van der Waals surface area contributed by atoms with Gasteiger partial charge in [0.15, 0.2) is 0 Å². The summed E-state index contributed by atoms with van der Waals surface area (Å²) in [5, 5.41) is 0.614. The Kier molecular flexibility index (Phi) is 5.20. The van der Waals surface area contributed by atoms with Crippen LogP contribution in [0.1, 0.15) is 12.0 Å². The highest BCUT2D eigenvalue weighted by Gasteiger charge is 1.99. The second-order valence-corrected chi connectivity index (χ2v) is 4.11. The van der Waals surface area contributed by atoms with Crippen molar-refractivity contribution >= 4 is 23.4 Å². The molecule has 0 aliphatic heterocycles. The van der Waals surface area contributed by atoms with Crippen LogP contribution in [0, 0.1) is 0 Å². The van der Waals surface area contributed by atoms with Gasteiger partial charge in [-0.1, -0.05) is 17.7 Å². The third-order valence-electron chi connectivity index (χ3n) is 1.59. The van der Waals surface area contributed by atoms with E-state index in [0.717, 1.165) is 30.0 Å². The van der Waals surface area contributed by atoms with Crippen LogP contribution in [0.3, 0.4) is 0 Å². The summed E-state index contributed by atoms with van der Waals surface area (Å²) in [7, 11) is 0. The molecule has 0 aliphatic rings. The first-order chi connectivity index (χ1) is 6.34. The molecule has 0 aliphatic carbocycles. The van der Waals surface area contributed by atoms with Crippen molar-refractivity contribution in [1.82, 2.24) is 4.98 Å². The van der Waals surface area contributed by atoms with Gasteiger partial charge in [-0.05, 0) is 30.3 Å². The smallest absolute Gasteiger partial charge is 0.133 e. The second-order valence-electron chi connectivity index (χ2n) is 2.65. The summed E-state index contributed by atoms with van der Waals surface area (Å²) in [6.07, 6.45) is 2.76. The molecule has 4 heteroatoms. The van der Waals surface area contributed by atoms with Crippen LogP contribution in [-0.4, -0.2) is 17.3 Å². The minimum atomic E-state index is 0.614. The summed E-state index contributed by atoms with van der Waals surface area (Å²) in [5.74, 6) is 2.01. The van der Waals surface area contributed by atoms with Crippen LogP contribution in [0.15, 0.2) is 18.3 Å². The molecular formula is C9H13ClN2S. The maximum atomic E-state index is 5.89. The fourth-order valence-corrected chi connectivity index (χ4v) is 2.13. The molecule has 0 saturated carbocycles. The largest absolute Gasteiger partial charge is 0.330 e. The van der Waals surface area contributed by atoms with Crippen molar-refractivity contribution in [2.75, 3.05) is 12.3 Å². The molecule has 0 atom stereocenters. The fourth-order valence-electron chi connectivity index (χ4n) is 0.895. The van der Waals surface area contributed by atoms with E-state index < -0.39 is 0 Å². The fraction of sp³-hybridized carbons (Fsp3) is 0.444. The van der Waals surface area contributed by atoms with Gasteiger partial charge in [0.1, 0.15) is 5.15 Å². The molecule has 72 valence electrons. The maximum Gasteiger partial charge on any atom is 0.133 e. The van der Waals surface area contributed by atoms with E-state index in [2.05, 4.69) is 4.98 Å². The summed E-state index contributed by atoms with van der Waals surface area (Å²) >= 11 is 7.73. The summed E-state index contributed by atoms with van der Waals surface area (Å²) in [6, 6.07) is 3.91. The molecule has 1 aromatic rings. The number of thioether (sulfide) groups is 1. The van der Waals surface area contributed by atoms with Gasteiger partial charge in [-0.25, -0.2) is 4.98 Å². The molecule has 0 spiro atoms. The standard InChI is InChI=1S/C9H13ClN2S/c10-9-8(3-1-5-12-9)7-13-6-2-4-11/h1,3,5H,2,4,6-7,11H2. The number of halogens is 1. The quantitative estimate of drug-likeness (QED) is 0.607. The summed E-state index contributed by atoms with van der Waals surface area (Å²) in [6.45, 7) is 0.758. The van der Waals surface area contributed by atoms with Gasteiger partial charge in [0.2, 0.25) is 0 Å². The number of hydrogen-bond donors (Lipinski definition) is 1. The van der Waals surface area contributed by atoms with E-state index in [0.29, 0.717) is 5.15 Å². The topological polar surface area (TPSA) is 38.9 Å². The molecule has 1 rings (SSSR count). The van der Waals surface area contributed by atoms with Crippen LogP contribution in [0.2, 0.25) is 5.15 Å². The number of nitrogens with two attached hydrogens (primary N) is 1. The van der Waals surface area contributed by atoms with Crippen molar-refractivity contribution < 1.29 is 0 Å². The molecule has 0 unspecified atom stereocenters. The van der Waals surface area contributed by atoms with Gasteiger partial charge in [-0.2, -0.15) is 11.8 Å². The Morgan fingerprint density at radius 3 is 3.08 bits per heavy atom. The van der Waals surface area contributed by atoms with Crippen molar-refractivity contribution in [3.63, 3.8) is 0 Å². The van der Waals surface area contributed by atoms with Crippen LogP contribution in [0.5, 0.6) is 0 Å². The Morgan fingerprint density at radius 2 is 2.38 bits per heavy atom. The van der Waals surface area contributed by atoms with Gasteiger partial charge in [0.05, 0.1) is 0 Å². The first-order valence-corrected chi connectivity index (χ1v) is 5.75. The Labute approximate surface area is 87.9 Å². The lowest BCUT2D eigenvalue weighted by atomic mass is 10.3. The van der Waals surface area contributed by atoms with Gasteiger partial charge in [-0.3, -0.25) is 0 Å². The molecule has 0 fully saturated rings. The minimum absolute atomic E-state index is 0.614. The highest BCUT2D eigenvalue weighted by atomic mass is 35.5.